The van der Waals surface area contributed by atoms with Crippen LogP contribution in [0, 0.1) is 5.41 Å². The molecule has 0 atom stereocenters. The van der Waals surface area contributed by atoms with Crippen molar-refractivity contribution in [3.05, 3.63) is 33.3 Å². The van der Waals surface area contributed by atoms with Crippen LogP contribution < -0.4 is 0 Å². The first-order chi connectivity index (χ1) is 9.60. The van der Waals surface area contributed by atoms with E-state index in [4.69, 9.17) is 11.6 Å². The van der Waals surface area contributed by atoms with Crippen molar-refractivity contribution in [3.63, 3.8) is 0 Å². The molecule has 2 fully saturated rings. The van der Waals surface area contributed by atoms with E-state index >= 15 is 0 Å². The Morgan fingerprint density at radius 2 is 1.80 bits per heavy atom. The summed E-state index contributed by atoms with van der Waals surface area (Å²) in [5.41, 5.74) is 1.27. The average Bonchev–Trinajstić information content (AvgIpc) is 2.87. The molecule has 0 bridgehead atoms. The number of carbonyl (C=O) groups excluding carboxylic acids is 1. The highest BCUT2D eigenvalue weighted by molar-refractivity contribution is 9.10. The maximum absolute atomic E-state index is 12.6. The van der Waals surface area contributed by atoms with Gasteiger partial charge in [-0.1, -0.05) is 24.4 Å². The lowest BCUT2D eigenvalue weighted by Crippen LogP contribution is -2.42. The SMILES string of the molecule is O=C(c1ccc(Cl)cc1Br)N1CCC2(CCCC2)CC1. The topological polar surface area (TPSA) is 20.3 Å². The lowest BCUT2D eigenvalue weighted by molar-refractivity contribution is 0.0586. The minimum Gasteiger partial charge on any atom is -0.339 e. The van der Waals surface area contributed by atoms with Crippen LogP contribution in [0.25, 0.3) is 0 Å². The van der Waals surface area contributed by atoms with Gasteiger partial charge in [0.2, 0.25) is 0 Å². The molecule has 0 unspecified atom stereocenters. The Hall–Kier alpha value is -0.540. The summed E-state index contributed by atoms with van der Waals surface area (Å²) in [5.74, 6) is 0.126. The number of hydrogen-bond acceptors (Lipinski definition) is 1. The second-order valence-electron chi connectivity index (χ2n) is 6.12. The number of likely N-dealkylation sites (tertiary alicyclic amines) is 1. The summed E-state index contributed by atoms with van der Waals surface area (Å²) < 4.78 is 0.788. The maximum atomic E-state index is 12.6. The Balaban J connectivity index is 1.69. The molecule has 1 heterocycles. The van der Waals surface area contributed by atoms with Crippen LogP contribution in [-0.4, -0.2) is 23.9 Å². The first-order valence-corrected chi connectivity index (χ1v) is 8.51. The van der Waals surface area contributed by atoms with Gasteiger partial charge >= 0.3 is 0 Å². The van der Waals surface area contributed by atoms with Crippen molar-refractivity contribution in [3.8, 4) is 0 Å². The summed E-state index contributed by atoms with van der Waals surface area (Å²) in [6.07, 6.45) is 7.81. The molecular weight excluding hydrogens is 338 g/mol. The van der Waals surface area contributed by atoms with Crippen molar-refractivity contribution < 1.29 is 4.79 Å². The molecule has 2 nitrogen and oxygen atoms in total. The molecule has 1 aromatic rings. The van der Waals surface area contributed by atoms with Crippen LogP contribution in [-0.2, 0) is 0 Å². The zero-order chi connectivity index (χ0) is 14.2. The van der Waals surface area contributed by atoms with Gasteiger partial charge in [-0.3, -0.25) is 4.79 Å². The van der Waals surface area contributed by atoms with Crippen LogP contribution in [0.3, 0.4) is 0 Å². The lowest BCUT2D eigenvalue weighted by atomic mass is 9.77. The number of rotatable bonds is 1. The molecule has 108 valence electrons. The third kappa shape index (κ3) is 2.75. The summed E-state index contributed by atoms with van der Waals surface area (Å²) in [6.45, 7) is 1.79. The lowest BCUT2D eigenvalue weighted by Gasteiger charge is -2.39. The number of piperidine rings is 1. The fraction of sp³-hybridized carbons (Fsp3) is 0.562. The highest BCUT2D eigenvalue weighted by Crippen LogP contribution is 2.46. The summed E-state index contributed by atoms with van der Waals surface area (Å²) in [5, 5.41) is 0.650. The molecule has 1 spiro atoms. The Morgan fingerprint density at radius 3 is 2.40 bits per heavy atom. The van der Waals surface area contributed by atoms with Gasteiger partial charge in [-0.05, 0) is 65.2 Å². The van der Waals surface area contributed by atoms with Crippen molar-refractivity contribution in [2.45, 2.75) is 38.5 Å². The van der Waals surface area contributed by atoms with Gasteiger partial charge in [0.1, 0.15) is 0 Å². The summed E-state index contributed by atoms with van der Waals surface area (Å²) >= 11 is 9.38. The van der Waals surface area contributed by atoms with Gasteiger partial charge in [0.15, 0.2) is 0 Å². The van der Waals surface area contributed by atoms with Gasteiger partial charge in [0, 0.05) is 22.6 Å². The molecule has 1 saturated carbocycles. The molecule has 2 aliphatic rings. The maximum Gasteiger partial charge on any atom is 0.254 e. The number of halogens is 2. The smallest absolute Gasteiger partial charge is 0.254 e. The monoisotopic (exact) mass is 355 g/mol. The molecule has 0 N–H and O–H groups in total. The Kier molecular flexibility index (Phi) is 4.09. The molecule has 1 aliphatic heterocycles. The number of hydrogen-bond donors (Lipinski definition) is 0. The fourth-order valence-corrected chi connectivity index (χ4v) is 4.49. The fourth-order valence-electron chi connectivity index (χ4n) is 3.64. The molecule has 3 rings (SSSR count). The van der Waals surface area contributed by atoms with Gasteiger partial charge in [0.25, 0.3) is 5.91 Å². The van der Waals surface area contributed by atoms with Gasteiger partial charge in [-0.15, -0.1) is 0 Å². The zero-order valence-electron chi connectivity index (χ0n) is 11.5. The van der Waals surface area contributed by atoms with E-state index in [0.717, 1.165) is 23.1 Å². The van der Waals surface area contributed by atoms with Crippen molar-refractivity contribution in [2.24, 2.45) is 5.41 Å². The van der Waals surface area contributed by atoms with E-state index in [9.17, 15) is 4.79 Å². The van der Waals surface area contributed by atoms with Gasteiger partial charge in [-0.2, -0.15) is 0 Å². The van der Waals surface area contributed by atoms with Crippen molar-refractivity contribution in [1.29, 1.82) is 0 Å². The summed E-state index contributed by atoms with van der Waals surface area (Å²) in [4.78, 5) is 14.6. The molecule has 0 aromatic heterocycles. The highest BCUT2D eigenvalue weighted by atomic mass is 79.9. The first-order valence-electron chi connectivity index (χ1n) is 7.34. The quantitative estimate of drug-likeness (QED) is 0.701. The highest BCUT2D eigenvalue weighted by Gasteiger charge is 2.38. The van der Waals surface area contributed by atoms with Crippen LogP contribution in [0.1, 0.15) is 48.9 Å². The molecule has 20 heavy (non-hydrogen) atoms. The second kappa shape index (κ2) is 5.69. The standard InChI is InChI=1S/C16H19BrClNO/c17-14-11-12(18)3-4-13(14)15(20)19-9-7-16(8-10-19)5-1-2-6-16/h3-4,11H,1-2,5-10H2. The third-order valence-electron chi connectivity index (χ3n) is 4.94. The third-order valence-corrected chi connectivity index (χ3v) is 5.83. The molecule has 1 saturated heterocycles. The van der Waals surface area contributed by atoms with Gasteiger partial charge in [0.05, 0.1) is 5.56 Å². The van der Waals surface area contributed by atoms with Gasteiger partial charge in [-0.25, -0.2) is 0 Å². The number of nitrogens with zero attached hydrogens (tertiary/aromatic N) is 1. The predicted octanol–water partition coefficient (Wildman–Crippen LogP) is 4.90. The van der Waals surface area contributed by atoms with Crippen molar-refractivity contribution >= 4 is 33.4 Å². The molecule has 1 aromatic carbocycles. The number of carbonyl (C=O) groups is 1. The van der Waals surface area contributed by atoms with E-state index in [1.807, 2.05) is 11.0 Å². The van der Waals surface area contributed by atoms with E-state index in [-0.39, 0.29) is 5.91 Å². The minimum atomic E-state index is 0.126. The Labute approximate surface area is 133 Å². The van der Waals surface area contributed by atoms with E-state index in [2.05, 4.69) is 15.9 Å². The predicted molar refractivity (Wildman–Crippen MR) is 85.2 cm³/mol. The summed E-state index contributed by atoms with van der Waals surface area (Å²) in [7, 11) is 0. The Bertz CT molecular complexity index is 515. The average molecular weight is 357 g/mol. The normalized spacial score (nSPS) is 21.4. The van der Waals surface area contributed by atoms with Crippen molar-refractivity contribution in [1.82, 2.24) is 4.90 Å². The van der Waals surface area contributed by atoms with Crippen LogP contribution in [0.2, 0.25) is 5.02 Å². The van der Waals surface area contributed by atoms with Crippen molar-refractivity contribution in [2.75, 3.05) is 13.1 Å². The summed E-state index contributed by atoms with van der Waals surface area (Å²) in [6, 6.07) is 5.38. The largest absolute Gasteiger partial charge is 0.339 e. The zero-order valence-corrected chi connectivity index (χ0v) is 13.8. The van der Waals surface area contributed by atoms with E-state index in [0.29, 0.717) is 10.4 Å². The number of benzene rings is 1. The second-order valence-corrected chi connectivity index (χ2v) is 7.41. The Morgan fingerprint density at radius 1 is 1.15 bits per heavy atom. The molecule has 0 radical (unpaired) electrons. The molecule has 1 aliphatic carbocycles. The number of amides is 1. The minimum absolute atomic E-state index is 0.126. The molecule has 1 amide bonds. The molecule has 4 heteroatoms. The van der Waals surface area contributed by atoms with Crippen LogP contribution >= 0.6 is 27.5 Å². The van der Waals surface area contributed by atoms with E-state index in [1.165, 1.54) is 38.5 Å². The molecular formula is C16H19BrClNO. The van der Waals surface area contributed by atoms with Crippen LogP contribution in [0.4, 0.5) is 0 Å². The van der Waals surface area contributed by atoms with Crippen LogP contribution in [0.5, 0.6) is 0 Å². The van der Waals surface area contributed by atoms with E-state index in [1.54, 1.807) is 12.1 Å². The van der Waals surface area contributed by atoms with Gasteiger partial charge < -0.3 is 4.90 Å². The van der Waals surface area contributed by atoms with E-state index < -0.39 is 0 Å². The van der Waals surface area contributed by atoms with Crippen LogP contribution in [0.15, 0.2) is 22.7 Å². The first kappa shape index (κ1) is 14.4.